The van der Waals surface area contributed by atoms with Gasteiger partial charge < -0.3 is 27.4 Å². The van der Waals surface area contributed by atoms with Crippen molar-refractivity contribution in [3.8, 4) is 66.8 Å². The minimum atomic E-state index is 1.05. The third kappa shape index (κ3) is 11.1. The van der Waals surface area contributed by atoms with Crippen molar-refractivity contribution in [1.82, 2.24) is 27.4 Å². The molecule has 600 valence electrons. The first-order valence-electron chi connectivity index (χ1n) is 44.5. The predicted octanol–water partition coefficient (Wildman–Crippen LogP) is 29.4. The highest BCUT2D eigenvalue weighted by Crippen LogP contribution is 2.51. The van der Waals surface area contributed by atoms with E-state index in [9.17, 15) is 0 Å². The number of hydrogen-bond donors (Lipinski definition) is 0. The van der Waals surface area contributed by atoms with Crippen LogP contribution in [0.15, 0.2) is 364 Å². The molecule has 6 heteroatoms. The van der Waals surface area contributed by atoms with Gasteiger partial charge in [-0.1, -0.05) is 291 Å². The van der Waals surface area contributed by atoms with Gasteiger partial charge in [0.25, 0.3) is 0 Å². The van der Waals surface area contributed by atoms with Crippen molar-refractivity contribution < 1.29 is 0 Å². The van der Waals surface area contributed by atoms with Crippen LogP contribution in [0, 0.1) is 0 Å². The Kier molecular flexibility index (Phi) is 16.7. The first-order chi connectivity index (χ1) is 62.0. The predicted molar refractivity (Wildman–Crippen MR) is 532 cm³/mol. The molecule has 0 N–H and O–H groups in total. The number of para-hydroxylation sites is 6. The van der Waals surface area contributed by atoms with Crippen molar-refractivity contribution in [2.24, 2.45) is 42.3 Å². The van der Waals surface area contributed by atoms with Crippen LogP contribution in [0.2, 0.25) is 0 Å². The Morgan fingerprint density at radius 3 is 1.00 bits per heavy atom. The zero-order valence-corrected chi connectivity index (χ0v) is 71.6. The molecule has 6 heterocycles. The van der Waals surface area contributed by atoms with Gasteiger partial charge in [-0.15, -0.1) is 0 Å². The van der Waals surface area contributed by atoms with E-state index in [4.69, 9.17) is 0 Å². The van der Waals surface area contributed by atoms with Gasteiger partial charge in [0, 0.05) is 174 Å². The number of aromatic nitrogens is 6. The quantitative estimate of drug-likeness (QED) is 0.145. The molecule has 30 rings (SSSR count). The van der Waals surface area contributed by atoms with Crippen LogP contribution in [-0.2, 0) is 80.8 Å². The third-order valence-corrected chi connectivity index (χ3v) is 29.0. The largest absolute Gasteiger partial charge is 0.344 e. The normalized spacial score (nSPS) is 12.8. The van der Waals surface area contributed by atoms with E-state index in [2.05, 4.69) is 434 Å². The molecule has 126 heavy (non-hydrogen) atoms. The number of nitrogens with zero attached hydrogens (tertiary/aromatic N) is 6. The van der Waals surface area contributed by atoms with Gasteiger partial charge in [0.05, 0.1) is 11.0 Å². The molecule has 0 spiro atoms. The molecule has 0 fully saturated rings. The van der Waals surface area contributed by atoms with Crippen LogP contribution in [0.1, 0.15) is 66.8 Å². The Labute approximate surface area is 731 Å². The summed E-state index contributed by atoms with van der Waals surface area (Å²) < 4.78 is 14.0. The molecule has 0 unspecified atom stereocenters. The summed E-state index contributed by atoms with van der Waals surface area (Å²) in [7, 11) is 13.0. The Hall–Kier alpha value is -15.2. The van der Waals surface area contributed by atoms with Crippen molar-refractivity contribution in [1.29, 1.82) is 0 Å². The maximum Gasteiger partial charge on any atom is 0.0571 e. The van der Waals surface area contributed by atoms with Crippen molar-refractivity contribution in [2.75, 3.05) is 0 Å². The molecule has 18 aromatic carbocycles. The van der Waals surface area contributed by atoms with Gasteiger partial charge in [-0.05, 0) is 233 Å². The number of rotatable bonds is 0. The number of aryl methyl sites for hydroxylation is 6. The second-order valence-electron chi connectivity index (χ2n) is 35.5. The summed E-state index contributed by atoms with van der Waals surface area (Å²) in [4.78, 5) is 0. The first kappa shape index (κ1) is 73.5. The maximum absolute atomic E-state index is 2.40. The zero-order chi connectivity index (χ0) is 83.8. The van der Waals surface area contributed by atoms with E-state index >= 15 is 0 Å². The lowest BCUT2D eigenvalue weighted by atomic mass is 9.99. The molecule has 6 nitrogen and oxygen atoms in total. The lowest BCUT2D eigenvalue weighted by Gasteiger charge is -2.06. The second kappa shape index (κ2) is 28.7. The lowest BCUT2D eigenvalue weighted by molar-refractivity contribution is 1.00. The van der Waals surface area contributed by atoms with E-state index < -0.39 is 0 Å². The van der Waals surface area contributed by atoms with Gasteiger partial charge in [0.2, 0.25) is 0 Å². The molecule has 0 saturated heterocycles. The summed E-state index contributed by atoms with van der Waals surface area (Å²) in [5.74, 6) is 0. The summed E-state index contributed by atoms with van der Waals surface area (Å²) in [5.41, 5.74) is 50.4. The van der Waals surface area contributed by atoms with Crippen LogP contribution in [-0.4, -0.2) is 27.4 Å². The Morgan fingerprint density at radius 2 is 0.460 bits per heavy atom. The minimum Gasteiger partial charge on any atom is -0.344 e. The van der Waals surface area contributed by atoms with Crippen LogP contribution in [0.5, 0.6) is 0 Å². The zero-order valence-electron chi connectivity index (χ0n) is 71.6. The third-order valence-electron chi connectivity index (χ3n) is 29.0. The number of benzene rings is 18. The molecule has 0 bridgehead atoms. The minimum absolute atomic E-state index is 1.05. The molecule has 6 aliphatic rings. The highest BCUT2D eigenvalue weighted by atomic mass is 15.0. The molecule has 0 atom stereocenters. The Bertz CT molecular complexity index is 8680. The van der Waals surface area contributed by atoms with Crippen LogP contribution in [0.4, 0.5) is 0 Å². The molecular weight excluding hydrogens is 1530 g/mol. The van der Waals surface area contributed by atoms with E-state index in [1.54, 1.807) is 0 Å². The Balaban J connectivity index is 0.0000000824. The smallest absolute Gasteiger partial charge is 0.0571 e. The van der Waals surface area contributed by atoms with E-state index in [0.29, 0.717) is 0 Å². The average Bonchev–Trinajstić information content (AvgIpc) is 1.56. The van der Waals surface area contributed by atoms with E-state index in [-0.39, 0.29) is 0 Å². The number of fused-ring (bicyclic) bond motifs is 40. The summed E-state index contributed by atoms with van der Waals surface area (Å²) in [6.45, 7) is 0. The average molecular weight is 1620 g/mol. The summed E-state index contributed by atoms with van der Waals surface area (Å²) in [6, 6.07) is 133. The fourth-order valence-electron chi connectivity index (χ4n) is 23.1. The molecule has 6 aromatic heterocycles. The van der Waals surface area contributed by atoms with Crippen LogP contribution in [0.25, 0.3) is 198 Å². The second-order valence-corrected chi connectivity index (χ2v) is 35.5. The van der Waals surface area contributed by atoms with Crippen molar-refractivity contribution in [3.63, 3.8) is 0 Å². The molecule has 0 amide bonds. The van der Waals surface area contributed by atoms with Crippen molar-refractivity contribution in [2.45, 2.75) is 38.5 Å². The monoisotopic (exact) mass is 1610 g/mol. The van der Waals surface area contributed by atoms with E-state index in [1.807, 2.05) is 0 Å². The lowest BCUT2D eigenvalue weighted by Crippen LogP contribution is -1.91. The fraction of sp³-hybridized carbons (Fsp3) is 0.100. The number of hydrogen-bond acceptors (Lipinski definition) is 0. The van der Waals surface area contributed by atoms with Crippen LogP contribution < -0.4 is 0 Å². The molecule has 0 aliphatic heterocycles. The highest BCUT2D eigenvalue weighted by Gasteiger charge is 2.30. The Morgan fingerprint density at radius 1 is 0.151 bits per heavy atom. The summed E-state index contributed by atoms with van der Waals surface area (Å²) in [6.07, 6.45) is 6.34. The van der Waals surface area contributed by atoms with Gasteiger partial charge in [0.1, 0.15) is 0 Å². The molecule has 24 aromatic rings. The van der Waals surface area contributed by atoms with Crippen LogP contribution in [0.3, 0.4) is 0 Å². The van der Waals surface area contributed by atoms with Gasteiger partial charge in [-0.25, -0.2) is 0 Å². The van der Waals surface area contributed by atoms with Gasteiger partial charge in [-0.3, -0.25) is 0 Å². The molecule has 0 radical (unpaired) electrons. The maximum atomic E-state index is 2.40. The first-order valence-corrected chi connectivity index (χ1v) is 44.5. The van der Waals surface area contributed by atoms with Crippen LogP contribution >= 0.6 is 0 Å². The highest BCUT2D eigenvalue weighted by molar-refractivity contribution is 6.19. The van der Waals surface area contributed by atoms with Gasteiger partial charge in [0.15, 0.2) is 0 Å². The molecule has 6 aliphatic carbocycles. The standard InChI is InChI=1S/6C20H15N/c1-21-19-9-5-4-8-16(19)18-12-17-14(11-20(18)21)10-13-6-2-3-7-15(13)17;1-21-19-9-5-4-8-16(19)18-11-14-10-13-6-2-3-7-15(13)17(14)12-20(18)21;1-21-18-9-5-4-8-16(18)17-11-10-14-12-13-6-2-3-7-15(13)19(14)20(17)21;1-21-17-9-5-4-8-16(17)20-18(21)11-10-14-12-13-6-2-3-7-15(13)19(14)20;1-21-18-9-5-4-8-16(18)20-17-12-13-6-2-3-7-14(13)15(17)10-11-19(20)21;1-21-19-9-5-4-8-16(19)17-11-10-15-14-7-3-2-6-13(14)12-18(15)20(17)21/h2*2-9,11-12H,10H2,1H3;4*2-11H,12H2,1H3. The molecular formula is C120H90N6. The SMILES string of the molecule is Cn1c2ccccc2c2c3c(ccc21)-c1ccccc1C3.Cn1c2ccccc2c2c3c(ccc21)Cc1ccccc1-3.Cn1c2ccccc2c2cc3c(cc21)-c1ccccc1C3.Cn1c2ccccc2c2cc3c(cc21)Cc1ccccc1-3.Cn1c2ccccc2c2ccc3c(c21)-c1ccccc1C3.Cn1c2ccccc2c2ccc3c(c21)Cc1ccccc1-3. The summed E-state index contributed by atoms with van der Waals surface area (Å²) in [5, 5.41) is 16.5. The van der Waals surface area contributed by atoms with Crippen molar-refractivity contribution >= 4 is 131 Å². The van der Waals surface area contributed by atoms with Gasteiger partial charge in [-0.2, -0.15) is 0 Å². The van der Waals surface area contributed by atoms with Crippen molar-refractivity contribution in [3.05, 3.63) is 431 Å². The van der Waals surface area contributed by atoms with E-state index in [0.717, 1.165) is 38.5 Å². The van der Waals surface area contributed by atoms with Gasteiger partial charge >= 0.3 is 0 Å². The summed E-state index contributed by atoms with van der Waals surface area (Å²) >= 11 is 0. The topological polar surface area (TPSA) is 29.6 Å². The molecule has 0 saturated carbocycles. The van der Waals surface area contributed by atoms with E-state index in [1.165, 1.54) is 264 Å². The fourth-order valence-corrected chi connectivity index (χ4v) is 23.1.